The lowest BCUT2D eigenvalue weighted by molar-refractivity contribution is 0.653. The molecule has 4 aromatic rings. The third-order valence-corrected chi connectivity index (χ3v) is 4.99. The van der Waals surface area contributed by atoms with Crippen molar-refractivity contribution in [2.75, 3.05) is 0 Å². The molecule has 0 saturated heterocycles. The fourth-order valence-corrected chi connectivity index (χ4v) is 3.61. The van der Waals surface area contributed by atoms with Crippen LogP contribution in [0.15, 0.2) is 48.0 Å². The second kappa shape index (κ2) is 6.72. The van der Waals surface area contributed by atoms with Gasteiger partial charge in [-0.3, -0.25) is 4.68 Å². The summed E-state index contributed by atoms with van der Waals surface area (Å²) in [4.78, 5) is 4.63. The molecule has 4 rings (SSSR count). The number of thioether (sulfide) groups is 1. The summed E-state index contributed by atoms with van der Waals surface area (Å²) < 4.78 is 6.03. The van der Waals surface area contributed by atoms with Crippen molar-refractivity contribution in [3.8, 4) is 11.5 Å². The Kier molecular flexibility index (Phi) is 4.27. The summed E-state index contributed by atoms with van der Waals surface area (Å²) in [5.74, 6) is 1.57. The fourth-order valence-electron chi connectivity index (χ4n) is 2.72. The van der Waals surface area contributed by atoms with E-state index in [0.717, 1.165) is 46.9 Å². The van der Waals surface area contributed by atoms with Crippen molar-refractivity contribution >= 4 is 17.4 Å². The molecule has 0 spiro atoms. The minimum atomic E-state index is 0.753. The molecule has 0 amide bonds. The summed E-state index contributed by atoms with van der Waals surface area (Å²) in [6.45, 7) is 5.81. The molecule has 0 atom stereocenters. The monoisotopic (exact) mass is 353 g/mol. The Bertz CT molecular complexity index is 964. The zero-order valence-electron chi connectivity index (χ0n) is 14.2. The van der Waals surface area contributed by atoms with E-state index in [9.17, 15) is 0 Å². The third kappa shape index (κ3) is 3.05. The van der Waals surface area contributed by atoms with Crippen molar-refractivity contribution in [2.45, 2.75) is 37.8 Å². The van der Waals surface area contributed by atoms with Gasteiger partial charge in [-0.1, -0.05) is 17.8 Å². The van der Waals surface area contributed by atoms with Crippen LogP contribution in [0.1, 0.15) is 19.5 Å². The van der Waals surface area contributed by atoms with Gasteiger partial charge in [-0.05, 0) is 32.0 Å². The van der Waals surface area contributed by atoms with Gasteiger partial charge < -0.3 is 8.97 Å². The van der Waals surface area contributed by atoms with Gasteiger partial charge in [-0.25, -0.2) is 4.98 Å². The molecule has 4 aromatic heterocycles. The van der Waals surface area contributed by atoms with Crippen molar-refractivity contribution in [1.82, 2.24) is 33.9 Å². The van der Waals surface area contributed by atoms with E-state index < -0.39 is 0 Å². The number of pyridine rings is 1. The van der Waals surface area contributed by atoms with Gasteiger partial charge in [-0.2, -0.15) is 5.10 Å². The molecule has 0 saturated carbocycles. The van der Waals surface area contributed by atoms with Crippen LogP contribution in [0.5, 0.6) is 0 Å². The minimum Gasteiger partial charge on any atom is -0.307 e. The highest BCUT2D eigenvalue weighted by atomic mass is 32.2. The van der Waals surface area contributed by atoms with Crippen LogP contribution in [0.4, 0.5) is 0 Å². The number of imidazole rings is 1. The van der Waals surface area contributed by atoms with Gasteiger partial charge in [0.1, 0.15) is 11.3 Å². The number of aromatic nitrogens is 7. The Morgan fingerprint density at radius 1 is 1.04 bits per heavy atom. The normalized spacial score (nSPS) is 11.4. The first-order chi connectivity index (χ1) is 12.3. The van der Waals surface area contributed by atoms with Crippen LogP contribution in [0.2, 0.25) is 0 Å². The molecule has 0 radical (unpaired) electrons. The third-order valence-electron chi connectivity index (χ3n) is 3.99. The number of nitrogens with zero attached hydrogens (tertiary/aromatic N) is 7. The second-order valence-electron chi connectivity index (χ2n) is 5.59. The van der Waals surface area contributed by atoms with Crippen LogP contribution < -0.4 is 0 Å². The Hall–Kier alpha value is -2.61. The van der Waals surface area contributed by atoms with Crippen molar-refractivity contribution in [3.05, 3.63) is 48.5 Å². The summed E-state index contributed by atoms with van der Waals surface area (Å²) in [6, 6.07) is 7.98. The summed E-state index contributed by atoms with van der Waals surface area (Å²) in [5.41, 5.74) is 2.84. The van der Waals surface area contributed by atoms with Gasteiger partial charge in [0.2, 0.25) is 0 Å². The van der Waals surface area contributed by atoms with Crippen LogP contribution >= 0.6 is 11.8 Å². The highest BCUT2D eigenvalue weighted by molar-refractivity contribution is 7.98. The van der Waals surface area contributed by atoms with Crippen LogP contribution in [0.3, 0.4) is 0 Å². The van der Waals surface area contributed by atoms with Crippen molar-refractivity contribution in [1.29, 1.82) is 0 Å². The predicted octanol–water partition coefficient (Wildman–Crippen LogP) is 3.12. The smallest absolute Gasteiger partial charge is 0.191 e. The van der Waals surface area contributed by atoms with Crippen molar-refractivity contribution < 1.29 is 0 Å². The van der Waals surface area contributed by atoms with Crippen LogP contribution in [0, 0.1) is 0 Å². The van der Waals surface area contributed by atoms with Gasteiger partial charge in [-0.15, -0.1) is 10.2 Å². The number of aryl methyl sites for hydroxylation is 1. The summed E-state index contributed by atoms with van der Waals surface area (Å²) in [7, 11) is 0. The average molecular weight is 353 g/mol. The summed E-state index contributed by atoms with van der Waals surface area (Å²) >= 11 is 1.65. The molecule has 128 valence electrons. The van der Waals surface area contributed by atoms with Crippen LogP contribution in [-0.2, 0) is 18.8 Å². The van der Waals surface area contributed by atoms with Gasteiger partial charge >= 0.3 is 0 Å². The predicted molar refractivity (Wildman–Crippen MR) is 97.3 cm³/mol. The molecule has 0 unspecified atom stereocenters. The van der Waals surface area contributed by atoms with E-state index in [-0.39, 0.29) is 0 Å². The first-order valence-corrected chi connectivity index (χ1v) is 9.29. The molecule has 8 heteroatoms. The molecule has 0 aromatic carbocycles. The molecule has 0 aliphatic heterocycles. The Labute approximate surface area is 149 Å². The standard InChI is InChI=1S/C17H19N7S/c1-3-23-10-8-14(21-23)16-19-20-17(24(16)4-2)25-12-13-11-22-9-6-5-7-15(22)18-13/h5-11H,3-4,12H2,1-2H3. The zero-order valence-corrected chi connectivity index (χ0v) is 15.0. The van der Waals surface area contributed by atoms with Gasteiger partial charge in [0, 0.05) is 37.4 Å². The SMILES string of the molecule is CCn1ccc(-c2nnc(SCc3cn4ccccc4n3)n2CC)n1. The largest absolute Gasteiger partial charge is 0.307 e. The molecule has 7 nitrogen and oxygen atoms in total. The van der Waals surface area contributed by atoms with E-state index in [1.54, 1.807) is 11.8 Å². The highest BCUT2D eigenvalue weighted by Crippen LogP contribution is 2.25. The van der Waals surface area contributed by atoms with E-state index in [4.69, 9.17) is 0 Å². The average Bonchev–Trinajstić information content (AvgIpc) is 3.35. The van der Waals surface area contributed by atoms with Crippen molar-refractivity contribution in [3.63, 3.8) is 0 Å². The Balaban J connectivity index is 1.56. The number of rotatable bonds is 6. The summed E-state index contributed by atoms with van der Waals surface area (Å²) in [6.07, 6.45) is 6.03. The molecular formula is C17H19N7S. The van der Waals surface area contributed by atoms with E-state index in [1.807, 2.05) is 45.7 Å². The maximum Gasteiger partial charge on any atom is 0.191 e. The van der Waals surface area contributed by atoms with E-state index in [0.29, 0.717) is 0 Å². The molecule has 0 N–H and O–H groups in total. The molecule has 25 heavy (non-hydrogen) atoms. The Morgan fingerprint density at radius 3 is 2.72 bits per heavy atom. The van der Waals surface area contributed by atoms with E-state index in [1.165, 1.54) is 0 Å². The molecular weight excluding hydrogens is 334 g/mol. The maximum atomic E-state index is 4.63. The zero-order chi connectivity index (χ0) is 17.2. The molecule has 0 bridgehead atoms. The maximum absolute atomic E-state index is 4.63. The topological polar surface area (TPSA) is 65.8 Å². The van der Waals surface area contributed by atoms with Gasteiger partial charge in [0.15, 0.2) is 11.0 Å². The van der Waals surface area contributed by atoms with Gasteiger partial charge in [0.05, 0.1) is 5.69 Å². The highest BCUT2D eigenvalue weighted by Gasteiger charge is 2.15. The lowest BCUT2D eigenvalue weighted by atomic mass is 10.4. The van der Waals surface area contributed by atoms with E-state index >= 15 is 0 Å². The Morgan fingerprint density at radius 2 is 1.96 bits per heavy atom. The lowest BCUT2D eigenvalue weighted by Gasteiger charge is -2.05. The number of fused-ring (bicyclic) bond motifs is 1. The molecule has 0 aliphatic carbocycles. The molecule has 0 aliphatic rings. The first-order valence-electron chi connectivity index (χ1n) is 8.31. The lowest BCUT2D eigenvalue weighted by Crippen LogP contribution is -2.01. The molecule has 4 heterocycles. The first kappa shape index (κ1) is 15.9. The quantitative estimate of drug-likeness (QED) is 0.498. The minimum absolute atomic E-state index is 0.753. The number of hydrogen-bond donors (Lipinski definition) is 0. The van der Waals surface area contributed by atoms with Crippen LogP contribution in [-0.4, -0.2) is 33.9 Å². The fraction of sp³-hybridized carbons (Fsp3) is 0.294. The van der Waals surface area contributed by atoms with Gasteiger partial charge in [0.25, 0.3) is 0 Å². The molecule has 0 fully saturated rings. The number of hydrogen-bond acceptors (Lipinski definition) is 5. The van der Waals surface area contributed by atoms with Crippen LogP contribution in [0.25, 0.3) is 17.2 Å². The summed E-state index contributed by atoms with van der Waals surface area (Å²) in [5, 5.41) is 14.1. The second-order valence-corrected chi connectivity index (χ2v) is 6.54. The van der Waals surface area contributed by atoms with E-state index in [2.05, 4.69) is 44.9 Å². The van der Waals surface area contributed by atoms with Crippen molar-refractivity contribution in [2.24, 2.45) is 0 Å².